The normalized spacial score (nSPS) is 12.7. The van der Waals surface area contributed by atoms with Crippen LogP contribution in [0.4, 0.5) is 0 Å². The van der Waals surface area contributed by atoms with Crippen LogP contribution in [0.3, 0.4) is 0 Å². The maximum Gasteiger partial charge on any atom is 0.185 e. The topological polar surface area (TPSA) is 99.7 Å². The van der Waals surface area contributed by atoms with Gasteiger partial charge in [-0.25, -0.2) is 29.9 Å². The summed E-state index contributed by atoms with van der Waals surface area (Å²) >= 11 is 1.78. The molecule has 0 bridgehead atoms. The third-order valence-electron chi connectivity index (χ3n) is 14.4. The van der Waals surface area contributed by atoms with Gasteiger partial charge in [-0.3, -0.25) is 0 Å². The molecule has 4 aromatic heterocycles. The summed E-state index contributed by atoms with van der Waals surface area (Å²) in [5, 5.41) is 4.39. The molecule has 0 fully saturated rings. The summed E-state index contributed by atoms with van der Waals surface area (Å²) in [4.78, 5) is 31.2. The second-order valence-electron chi connectivity index (χ2n) is 18.9. The van der Waals surface area contributed by atoms with Gasteiger partial charge < -0.3 is 9.15 Å². The predicted molar refractivity (Wildman–Crippen MR) is 305 cm³/mol. The van der Waals surface area contributed by atoms with Gasteiger partial charge in [-0.2, -0.15) is 0 Å². The molecule has 0 aliphatic carbocycles. The smallest absolute Gasteiger partial charge is 0.185 e. The van der Waals surface area contributed by atoms with Crippen molar-refractivity contribution in [1.29, 1.82) is 0 Å². The molecule has 0 unspecified atom stereocenters. The first-order valence-corrected chi connectivity index (χ1v) is 26.0. The second-order valence-corrected chi connectivity index (χ2v) is 20.0. The zero-order valence-electron chi connectivity index (χ0n) is 40.5. The third-order valence-corrected chi connectivity index (χ3v) is 15.6. The minimum Gasteiger partial charge on any atom is -0.472 e. The van der Waals surface area contributed by atoms with Crippen molar-refractivity contribution in [2.75, 3.05) is 0 Å². The molecular weight excluding hydrogens is 953 g/mol. The number of rotatable bonds is 8. The lowest BCUT2D eigenvalue weighted by Gasteiger charge is -2.41. The monoisotopic (exact) mass is 992 g/mol. The van der Waals surface area contributed by atoms with Gasteiger partial charge in [0.05, 0.1) is 5.56 Å². The highest BCUT2D eigenvalue weighted by Crippen LogP contribution is 2.53. The fraction of sp³-hybridized carbons (Fsp3) is 0.0149. The number of ether oxygens (including phenoxy) is 1. The molecule has 1 aliphatic rings. The van der Waals surface area contributed by atoms with Gasteiger partial charge in [-0.05, 0) is 60.2 Å². The zero-order chi connectivity index (χ0) is 50.2. The van der Waals surface area contributed by atoms with E-state index in [4.69, 9.17) is 39.1 Å². The first-order chi connectivity index (χ1) is 37.6. The average molecular weight is 993 g/mol. The van der Waals surface area contributed by atoms with E-state index in [1.807, 2.05) is 103 Å². The standard InChI is InChI=1S/C67H40N6O2S/c1-5-18-41(19-6-1)61-68-62(42-20-7-2-8-21-42)70-64(69-61)44-32-35-48-50-36-33-45(40-57(50)75-67(55(48)39-44,46-22-9-3-10-23-46)47-24-11-4-12-25-47)65-71-63(43-34-37-59-54(38-43)51-27-14-16-31-58(51)76-59)72-66(73-65)53-29-17-28-52-49-26-13-15-30-56(49)74-60(52)53/h1-40H. The Morgan fingerprint density at radius 1 is 0.316 bits per heavy atom. The van der Waals surface area contributed by atoms with Crippen LogP contribution in [0.15, 0.2) is 247 Å². The number of furan rings is 1. The summed E-state index contributed by atoms with van der Waals surface area (Å²) in [5.41, 5.74) is 10.3. The largest absolute Gasteiger partial charge is 0.472 e. The summed E-state index contributed by atoms with van der Waals surface area (Å²) in [6.45, 7) is 0. The van der Waals surface area contributed by atoms with E-state index >= 15 is 0 Å². The summed E-state index contributed by atoms with van der Waals surface area (Å²) in [5.74, 6) is 3.97. The number of nitrogens with zero attached hydrogens (tertiary/aromatic N) is 6. The van der Waals surface area contributed by atoms with E-state index < -0.39 is 5.60 Å². The lowest BCUT2D eigenvalue weighted by atomic mass is 9.74. The van der Waals surface area contributed by atoms with Crippen LogP contribution in [-0.2, 0) is 5.60 Å². The zero-order valence-corrected chi connectivity index (χ0v) is 41.3. The van der Waals surface area contributed by atoms with Crippen molar-refractivity contribution in [3.8, 4) is 85.2 Å². The van der Waals surface area contributed by atoms with Crippen molar-refractivity contribution in [3.63, 3.8) is 0 Å². The molecule has 1 aliphatic heterocycles. The van der Waals surface area contributed by atoms with Gasteiger partial charge in [0.1, 0.15) is 16.9 Å². The van der Waals surface area contributed by atoms with E-state index in [0.29, 0.717) is 40.7 Å². The molecule has 5 heterocycles. The van der Waals surface area contributed by atoms with Crippen LogP contribution in [0.2, 0.25) is 0 Å². The molecular formula is C67H40N6O2S. The van der Waals surface area contributed by atoms with E-state index in [1.54, 1.807) is 11.3 Å². The number of thiophene rings is 1. The first-order valence-electron chi connectivity index (χ1n) is 25.2. The summed E-state index contributed by atoms with van der Waals surface area (Å²) in [7, 11) is 0. The van der Waals surface area contributed by atoms with E-state index in [9.17, 15) is 0 Å². The van der Waals surface area contributed by atoms with Crippen LogP contribution < -0.4 is 4.74 Å². The number of fused-ring (bicyclic) bond motifs is 9. The van der Waals surface area contributed by atoms with Gasteiger partial charge in [0.15, 0.2) is 40.5 Å². The Morgan fingerprint density at radius 2 is 0.803 bits per heavy atom. The van der Waals surface area contributed by atoms with Gasteiger partial charge in [-0.15, -0.1) is 11.3 Å². The molecule has 356 valence electrons. The van der Waals surface area contributed by atoms with Gasteiger partial charge in [-0.1, -0.05) is 188 Å². The molecule has 14 aromatic rings. The SMILES string of the molecule is c1ccc(-c2nc(-c3ccccc3)nc(-c3ccc4c(c3)C(c3ccccc3)(c3ccccc3)Oc3cc(-c5nc(-c6ccc7sc8ccccc8c7c6)nc(-c6cccc7c6oc6ccccc67)n5)ccc3-4)n2)cc1. The molecule has 0 N–H and O–H groups in total. The van der Waals surface area contributed by atoms with E-state index in [0.717, 1.165) is 88.5 Å². The van der Waals surface area contributed by atoms with Crippen molar-refractivity contribution in [3.05, 3.63) is 259 Å². The van der Waals surface area contributed by atoms with Crippen molar-refractivity contribution < 1.29 is 9.15 Å². The quantitative estimate of drug-likeness (QED) is 0.148. The molecule has 0 saturated carbocycles. The molecule has 0 spiro atoms. The van der Waals surface area contributed by atoms with E-state index in [1.165, 1.54) is 14.8 Å². The first kappa shape index (κ1) is 43.6. The van der Waals surface area contributed by atoms with Crippen molar-refractivity contribution in [2.45, 2.75) is 5.60 Å². The Bertz CT molecular complexity index is 4460. The second kappa shape index (κ2) is 17.6. The Kier molecular flexibility index (Phi) is 10.1. The van der Waals surface area contributed by atoms with Crippen LogP contribution >= 0.6 is 11.3 Å². The predicted octanol–water partition coefficient (Wildman–Crippen LogP) is 16.7. The number of hydrogen-bond acceptors (Lipinski definition) is 9. The van der Waals surface area contributed by atoms with Crippen LogP contribution in [0.1, 0.15) is 16.7 Å². The molecule has 10 aromatic carbocycles. The highest BCUT2D eigenvalue weighted by molar-refractivity contribution is 7.25. The molecule has 0 amide bonds. The van der Waals surface area contributed by atoms with E-state index in [-0.39, 0.29) is 0 Å². The highest BCUT2D eigenvalue weighted by Gasteiger charge is 2.45. The van der Waals surface area contributed by atoms with Gasteiger partial charge in [0.2, 0.25) is 0 Å². The molecule has 0 saturated heterocycles. The minimum absolute atomic E-state index is 0.499. The van der Waals surface area contributed by atoms with Gasteiger partial charge in [0, 0.05) is 81.0 Å². The number of hydrogen-bond donors (Lipinski definition) is 0. The minimum atomic E-state index is -1.12. The lowest BCUT2D eigenvalue weighted by Crippen LogP contribution is -2.38. The Morgan fingerprint density at radius 3 is 1.46 bits per heavy atom. The lowest BCUT2D eigenvalue weighted by molar-refractivity contribution is 0.152. The Hall–Kier alpha value is -9.96. The molecule has 0 atom stereocenters. The maximum atomic E-state index is 7.72. The molecule has 76 heavy (non-hydrogen) atoms. The van der Waals surface area contributed by atoms with Crippen molar-refractivity contribution >= 4 is 53.4 Å². The fourth-order valence-electron chi connectivity index (χ4n) is 10.8. The van der Waals surface area contributed by atoms with Crippen molar-refractivity contribution in [1.82, 2.24) is 29.9 Å². The van der Waals surface area contributed by atoms with Crippen molar-refractivity contribution in [2.24, 2.45) is 0 Å². The van der Waals surface area contributed by atoms with Crippen LogP contribution in [0.25, 0.3) is 122 Å². The number of benzene rings is 10. The molecule has 9 heteroatoms. The summed E-state index contributed by atoms with van der Waals surface area (Å²) in [6, 6.07) is 83.1. The summed E-state index contributed by atoms with van der Waals surface area (Å²) in [6.07, 6.45) is 0. The molecule has 15 rings (SSSR count). The summed E-state index contributed by atoms with van der Waals surface area (Å²) < 4.78 is 16.8. The fourth-order valence-corrected chi connectivity index (χ4v) is 11.9. The van der Waals surface area contributed by atoms with Crippen LogP contribution in [-0.4, -0.2) is 29.9 Å². The third kappa shape index (κ3) is 7.20. The highest BCUT2D eigenvalue weighted by atomic mass is 32.1. The Balaban J connectivity index is 0.938. The maximum absolute atomic E-state index is 7.72. The number of para-hydroxylation sites is 2. The van der Waals surface area contributed by atoms with Gasteiger partial charge in [0.25, 0.3) is 0 Å². The average Bonchev–Trinajstić information content (AvgIpc) is 4.19. The number of aromatic nitrogens is 6. The van der Waals surface area contributed by atoms with Gasteiger partial charge >= 0.3 is 0 Å². The molecule has 8 nitrogen and oxygen atoms in total. The van der Waals surface area contributed by atoms with E-state index in [2.05, 4.69) is 140 Å². The van der Waals surface area contributed by atoms with Crippen LogP contribution in [0, 0.1) is 0 Å². The van der Waals surface area contributed by atoms with Crippen LogP contribution in [0.5, 0.6) is 5.75 Å². The molecule has 0 radical (unpaired) electrons. The Labute approximate surface area is 440 Å².